The molecule has 0 aromatic heterocycles. The fourth-order valence-corrected chi connectivity index (χ4v) is 5.70. The lowest BCUT2D eigenvalue weighted by atomic mass is 9.83. The molecule has 0 spiro atoms. The van der Waals surface area contributed by atoms with Gasteiger partial charge in [-0.2, -0.15) is 5.10 Å². The highest BCUT2D eigenvalue weighted by molar-refractivity contribution is 9.10. The topological polar surface area (TPSA) is 79.3 Å². The number of ether oxygens (including phenoxy) is 1. The molecular formula is C27H20BrN3O4. The Hall–Kier alpha value is -3.78. The lowest BCUT2D eigenvalue weighted by Crippen LogP contribution is -2.44. The lowest BCUT2D eigenvalue weighted by molar-refractivity contribution is -0.124. The van der Waals surface area contributed by atoms with Crippen LogP contribution >= 0.6 is 15.9 Å². The molecule has 0 saturated carbocycles. The van der Waals surface area contributed by atoms with Crippen molar-refractivity contribution in [2.45, 2.75) is 12.1 Å². The minimum Gasteiger partial charge on any atom is -0.497 e. The van der Waals surface area contributed by atoms with Crippen LogP contribution in [-0.2, 0) is 9.59 Å². The van der Waals surface area contributed by atoms with Crippen molar-refractivity contribution in [3.8, 4) is 5.75 Å². The van der Waals surface area contributed by atoms with Gasteiger partial charge in [0.25, 0.3) is 0 Å². The first kappa shape index (κ1) is 21.7. The number of hydrogen-bond acceptors (Lipinski definition) is 6. The maximum Gasteiger partial charge on any atom is 0.240 e. The van der Waals surface area contributed by atoms with Crippen molar-refractivity contribution in [1.29, 1.82) is 0 Å². The predicted octanol–water partition coefficient (Wildman–Crippen LogP) is 4.22. The van der Waals surface area contributed by atoms with Gasteiger partial charge in [-0.25, -0.2) is 4.90 Å². The summed E-state index contributed by atoms with van der Waals surface area (Å²) in [4.78, 5) is 42.7. The van der Waals surface area contributed by atoms with E-state index in [1.54, 1.807) is 66.9 Å². The fourth-order valence-electron chi connectivity index (χ4n) is 5.44. The average Bonchev–Trinajstić information content (AvgIpc) is 3.37. The molecule has 7 nitrogen and oxygen atoms in total. The summed E-state index contributed by atoms with van der Waals surface area (Å²) in [5.41, 5.74) is 2.70. The van der Waals surface area contributed by atoms with E-state index in [9.17, 15) is 14.4 Å². The molecular weight excluding hydrogens is 510 g/mol. The third kappa shape index (κ3) is 3.24. The van der Waals surface area contributed by atoms with Gasteiger partial charge in [-0.3, -0.25) is 19.4 Å². The molecule has 1 unspecified atom stereocenters. The van der Waals surface area contributed by atoms with Gasteiger partial charge in [-0.15, -0.1) is 0 Å². The first-order valence-corrected chi connectivity index (χ1v) is 12.0. The summed E-state index contributed by atoms with van der Waals surface area (Å²) in [7, 11) is 1.56. The SMILES string of the molecule is COc1ccc(C(=O)[C@@H]2[C@@H]3C(=O)N(c4ccc(Br)cc4)C(=O)[C@@H]3C3c4ccccc4C=NN32)cc1. The van der Waals surface area contributed by atoms with Crippen LogP contribution in [0.1, 0.15) is 27.5 Å². The summed E-state index contributed by atoms with van der Waals surface area (Å²) in [6, 6.07) is 20.1. The number of carbonyl (C=O) groups is 3. The first-order chi connectivity index (χ1) is 17.0. The Bertz CT molecular complexity index is 1390. The summed E-state index contributed by atoms with van der Waals surface area (Å²) in [5, 5.41) is 6.25. The number of carbonyl (C=O) groups excluding carboxylic acids is 3. The van der Waals surface area contributed by atoms with Crippen molar-refractivity contribution in [3.05, 3.63) is 94.0 Å². The fraction of sp³-hybridized carbons (Fsp3) is 0.185. The van der Waals surface area contributed by atoms with Crippen molar-refractivity contribution in [1.82, 2.24) is 5.01 Å². The van der Waals surface area contributed by atoms with Crippen molar-refractivity contribution in [2.24, 2.45) is 16.9 Å². The Labute approximate surface area is 210 Å². The zero-order valence-electron chi connectivity index (χ0n) is 18.7. The largest absolute Gasteiger partial charge is 0.497 e. The molecule has 0 radical (unpaired) electrons. The van der Waals surface area contributed by atoms with E-state index < -0.39 is 23.9 Å². The van der Waals surface area contributed by atoms with Gasteiger partial charge in [0.2, 0.25) is 11.8 Å². The first-order valence-electron chi connectivity index (χ1n) is 11.2. The smallest absolute Gasteiger partial charge is 0.240 e. The van der Waals surface area contributed by atoms with Crippen LogP contribution in [0.2, 0.25) is 0 Å². The van der Waals surface area contributed by atoms with Gasteiger partial charge >= 0.3 is 0 Å². The van der Waals surface area contributed by atoms with Gasteiger partial charge in [0.15, 0.2) is 5.78 Å². The van der Waals surface area contributed by atoms with Crippen LogP contribution in [0.25, 0.3) is 0 Å². The number of methoxy groups -OCH3 is 1. The van der Waals surface area contributed by atoms with Crippen molar-refractivity contribution >= 4 is 45.4 Å². The molecule has 0 bridgehead atoms. The third-order valence-electron chi connectivity index (χ3n) is 7.02. The second-order valence-corrected chi connectivity index (χ2v) is 9.69. The molecule has 8 heteroatoms. The number of nitrogens with zero attached hydrogens (tertiary/aromatic N) is 3. The second kappa shape index (κ2) is 8.16. The van der Waals surface area contributed by atoms with E-state index in [0.717, 1.165) is 15.6 Å². The minimum atomic E-state index is -0.903. The lowest BCUT2D eigenvalue weighted by Gasteiger charge is -2.33. The van der Waals surface area contributed by atoms with Crippen LogP contribution in [0.3, 0.4) is 0 Å². The van der Waals surface area contributed by atoms with Gasteiger partial charge in [0, 0.05) is 10.0 Å². The van der Waals surface area contributed by atoms with Crippen molar-refractivity contribution in [3.63, 3.8) is 0 Å². The zero-order valence-corrected chi connectivity index (χ0v) is 20.3. The van der Waals surface area contributed by atoms with E-state index >= 15 is 0 Å². The van der Waals surface area contributed by atoms with Crippen LogP contribution in [0.5, 0.6) is 5.75 Å². The minimum absolute atomic E-state index is 0.250. The van der Waals surface area contributed by atoms with E-state index in [-0.39, 0.29) is 17.6 Å². The highest BCUT2D eigenvalue weighted by atomic mass is 79.9. The molecule has 0 N–H and O–H groups in total. The number of ketones is 1. The molecule has 3 aromatic carbocycles. The Morgan fingerprint density at radius 2 is 1.60 bits per heavy atom. The molecule has 6 rings (SSSR count). The van der Waals surface area contributed by atoms with Crippen molar-refractivity contribution in [2.75, 3.05) is 12.0 Å². The van der Waals surface area contributed by atoms with Gasteiger partial charge in [-0.1, -0.05) is 40.2 Å². The molecule has 0 aliphatic carbocycles. The molecule has 4 atom stereocenters. The Morgan fingerprint density at radius 3 is 2.31 bits per heavy atom. The molecule has 3 aliphatic heterocycles. The summed E-state index contributed by atoms with van der Waals surface area (Å²) in [6.45, 7) is 0. The standard InChI is InChI=1S/C27H20BrN3O4/c1-35-19-12-6-15(7-13-19)25(32)24-22-21(23-20-5-3-2-4-16(20)14-29-31(23)24)26(33)30(27(22)34)18-10-8-17(28)9-11-18/h2-14,21-24H,1H3/t21-,22+,23?,24-/m0/s1. The highest BCUT2D eigenvalue weighted by Gasteiger charge is 2.65. The molecule has 2 amide bonds. The van der Waals surface area contributed by atoms with Gasteiger partial charge in [0.1, 0.15) is 11.8 Å². The van der Waals surface area contributed by atoms with E-state index in [1.165, 1.54) is 4.90 Å². The number of halogens is 1. The predicted molar refractivity (Wildman–Crippen MR) is 133 cm³/mol. The normalized spacial score (nSPS) is 24.3. The van der Waals surface area contributed by atoms with Crippen LogP contribution in [-0.4, -0.2) is 42.0 Å². The summed E-state index contributed by atoms with van der Waals surface area (Å²) < 4.78 is 6.06. The number of anilines is 1. The van der Waals surface area contributed by atoms with Crippen LogP contribution < -0.4 is 9.64 Å². The van der Waals surface area contributed by atoms with Crippen LogP contribution in [0.4, 0.5) is 5.69 Å². The zero-order chi connectivity index (χ0) is 24.3. The Balaban J connectivity index is 1.47. The summed E-state index contributed by atoms with van der Waals surface area (Å²) in [5.74, 6) is -1.89. The molecule has 3 heterocycles. The Kier molecular flexibility index (Phi) is 5.07. The molecule has 174 valence electrons. The molecule has 35 heavy (non-hydrogen) atoms. The van der Waals surface area contributed by atoms with Gasteiger partial charge < -0.3 is 4.74 Å². The molecule has 3 aromatic rings. The molecule has 2 saturated heterocycles. The average molecular weight is 530 g/mol. The number of imide groups is 1. The van der Waals surface area contributed by atoms with Crippen molar-refractivity contribution < 1.29 is 19.1 Å². The van der Waals surface area contributed by atoms with Crippen LogP contribution in [0.15, 0.2) is 82.4 Å². The second-order valence-electron chi connectivity index (χ2n) is 8.78. The maximum absolute atomic E-state index is 13.9. The number of hydrazone groups is 1. The molecule has 2 fully saturated rings. The van der Waals surface area contributed by atoms with E-state index in [4.69, 9.17) is 4.74 Å². The maximum atomic E-state index is 13.9. The quantitative estimate of drug-likeness (QED) is 0.373. The summed E-state index contributed by atoms with van der Waals surface area (Å²) >= 11 is 3.40. The summed E-state index contributed by atoms with van der Waals surface area (Å²) in [6.07, 6.45) is 1.70. The number of benzene rings is 3. The number of Topliss-reactive ketones (excluding diaryl/α,β-unsaturated/α-hetero) is 1. The van der Waals surface area contributed by atoms with Gasteiger partial charge in [-0.05, 0) is 59.7 Å². The monoisotopic (exact) mass is 529 g/mol. The van der Waals surface area contributed by atoms with Crippen LogP contribution in [0, 0.1) is 11.8 Å². The van der Waals surface area contributed by atoms with Gasteiger partial charge in [0.05, 0.1) is 36.9 Å². The van der Waals surface area contributed by atoms with E-state index in [2.05, 4.69) is 21.0 Å². The number of fused-ring (bicyclic) bond motifs is 5. The van der Waals surface area contributed by atoms with E-state index in [0.29, 0.717) is 17.0 Å². The third-order valence-corrected chi connectivity index (χ3v) is 7.55. The van der Waals surface area contributed by atoms with E-state index in [1.807, 2.05) is 24.3 Å². The number of amides is 2. The molecule has 3 aliphatic rings. The highest BCUT2D eigenvalue weighted by Crippen LogP contribution is 2.53. The Morgan fingerprint density at radius 1 is 0.914 bits per heavy atom. The number of hydrogen-bond donors (Lipinski definition) is 0. The number of rotatable bonds is 4.